The molecule has 1 aliphatic heterocycles. The van der Waals surface area contributed by atoms with Gasteiger partial charge in [-0.15, -0.1) is 0 Å². The maximum absolute atomic E-state index is 13.8. The molecule has 0 saturated carbocycles. The highest BCUT2D eigenvalue weighted by Crippen LogP contribution is 2.43. The Balaban J connectivity index is 2.59. The van der Waals surface area contributed by atoms with E-state index in [1.807, 2.05) is 0 Å². The summed E-state index contributed by atoms with van der Waals surface area (Å²) in [5.74, 6) is -1.14. The largest absolute Gasteiger partial charge is 0.452 e. The number of rotatable bonds is 2. The number of hydrogen-bond donors (Lipinski definition) is 1. The van der Waals surface area contributed by atoms with Gasteiger partial charge in [0.1, 0.15) is 5.82 Å². The minimum atomic E-state index is -4.74. The summed E-state index contributed by atoms with van der Waals surface area (Å²) in [6, 6.07) is 0.688. The lowest BCUT2D eigenvalue weighted by atomic mass is 9.85. The van der Waals surface area contributed by atoms with Crippen LogP contribution in [0.2, 0.25) is 5.02 Å². The molecule has 0 saturated heterocycles. The highest BCUT2D eigenvalue weighted by atomic mass is 35.5. The van der Waals surface area contributed by atoms with Gasteiger partial charge in [-0.3, -0.25) is 10.1 Å². The molecule has 0 amide bonds. The van der Waals surface area contributed by atoms with E-state index in [1.165, 1.54) is 6.92 Å². The molecule has 2 N–H and O–H groups in total. The van der Waals surface area contributed by atoms with Gasteiger partial charge in [-0.1, -0.05) is 11.6 Å². The van der Waals surface area contributed by atoms with Crippen LogP contribution in [0.15, 0.2) is 17.1 Å². The molecule has 0 bridgehead atoms. The van der Waals surface area contributed by atoms with Crippen molar-refractivity contribution in [1.82, 2.24) is 0 Å². The number of nitrogens with zero attached hydrogens (tertiary/aromatic N) is 2. The van der Waals surface area contributed by atoms with Crippen molar-refractivity contribution in [2.75, 3.05) is 0 Å². The summed E-state index contributed by atoms with van der Waals surface area (Å²) in [4.78, 5) is 13.7. The van der Waals surface area contributed by atoms with Gasteiger partial charge in [0.05, 0.1) is 21.6 Å². The Morgan fingerprint density at radius 2 is 2.13 bits per heavy atom. The number of amidine groups is 1. The van der Waals surface area contributed by atoms with Crippen LogP contribution in [0.1, 0.15) is 18.9 Å². The average molecular weight is 356 g/mol. The molecule has 1 aromatic carbocycles. The summed E-state index contributed by atoms with van der Waals surface area (Å²) in [5.41, 5.74) is 2.62. The fraction of sp³-hybridized carbons (Fsp3) is 0.417. The number of alkyl halides is 3. The maximum atomic E-state index is 13.8. The van der Waals surface area contributed by atoms with Crippen LogP contribution < -0.4 is 5.73 Å². The summed E-state index contributed by atoms with van der Waals surface area (Å²) < 4.78 is 57.0. The van der Waals surface area contributed by atoms with Crippen LogP contribution in [-0.2, 0) is 10.3 Å². The van der Waals surface area contributed by atoms with E-state index in [0.29, 0.717) is 6.07 Å². The first-order chi connectivity index (χ1) is 10.4. The predicted molar refractivity (Wildman–Crippen MR) is 72.6 cm³/mol. The van der Waals surface area contributed by atoms with Crippen molar-refractivity contribution < 1.29 is 27.2 Å². The normalized spacial score (nSPS) is 24.8. The van der Waals surface area contributed by atoms with Gasteiger partial charge < -0.3 is 10.5 Å². The molecule has 0 fully saturated rings. The first-order valence-electron chi connectivity index (χ1n) is 6.16. The number of halogens is 5. The minimum absolute atomic E-state index is 0.272. The molecule has 1 heterocycles. The van der Waals surface area contributed by atoms with Crippen LogP contribution in [0.3, 0.4) is 0 Å². The number of nitro benzene ring substituents is 1. The summed E-state index contributed by atoms with van der Waals surface area (Å²) in [6.07, 6.45) is -7.78. The van der Waals surface area contributed by atoms with Crippen molar-refractivity contribution in [1.29, 1.82) is 0 Å². The van der Waals surface area contributed by atoms with Gasteiger partial charge in [0, 0.05) is 18.1 Å². The standard InChI is InChI=1S/C12H10ClF4N3O3/c1-11(4-8(12(15,16)17)23-10(18)19-11)6-2-5(20(21)22)3-7(14)9(6)13/h2-3,8H,4H2,1H3,(H2,18,19)/t8-,11-/m0/s1. The molecule has 6 nitrogen and oxygen atoms in total. The van der Waals surface area contributed by atoms with Gasteiger partial charge in [0.25, 0.3) is 11.7 Å². The second-order valence-corrected chi connectivity index (χ2v) is 5.50. The van der Waals surface area contributed by atoms with E-state index in [-0.39, 0.29) is 5.56 Å². The molecule has 2 rings (SSSR count). The molecule has 0 unspecified atom stereocenters. The fourth-order valence-corrected chi connectivity index (χ4v) is 2.60. The third-order valence-corrected chi connectivity index (χ3v) is 3.76. The molecule has 0 radical (unpaired) electrons. The Hall–Kier alpha value is -2.10. The Morgan fingerprint density at radius 1 is 1.52 bits per heavy atom. The number of hydrogen-bond acceptors (Lipinski definition) is 5. The lowest BCUT2D eigenvalue weighted by Gasteiger charge is -2.36. The number of benzene rings is 1. The molecule has 2 atom stereocenters. The fourth-order valence-electron chi connectivity index (χ4n) is 2.29. The van der Waals surface area contributed by atoms with Crippen LogP contribution in [0.25, 0.3) is 0 Å². The van der Waals surface area contributed by atoms with E-state index in [0.717, 1.165) is 6.07 Å². The van der Waals surface area contributed by atoms with E-state index in [2.05, 4.69) is 9.73 Å². The molecule has 0 aromatic heterocycles. The topological polar surface area (TPSA) is 90.8 Å². The van der Waals surface area contributed by atoms with Gasteiger partial charge >= 0.3 is 6.18 Å². The molecule has 1 aromatic rings. The van der Waals surface area contributed by atoms with E-state index in [4.69, 9.17) is 17.3 Å². The van der Waals surface area contributed by atoms with E-state index >= 15 is 0 Å². The predicted octanol–water partition coefficient (Wildman–Crippen LogP) is 3.27. The molecule has 126 valence electrons. The van der Waals surface area contributed by atoms with Gasteiger partial charge in [-0.05, 0) is 6.92 Å². The van der Waals surface area contributed by atoms with Crippen LogP contribution in [0.5, 0.6) is 0 Å². The first kappa shape index (κ1) is 17.3. The maximum Gasteiger partial charge on any atom is 0.425 e. The minimum Gasteiger partial charge on any atom is -0.452 e. The van der Waals surface area contributed by atoms with Gasteiger partial charge in [-0.2, -0.15) is 13.2 Å². The second kappa shape index (κ2) is 5.52. The molecule has 0 aliphatic carbocycles. The number of ether oxygens (including phenoxy) is 1. The van der Waals surface area contributed by atoms with Crippen LogP contribution in [0, 0.1) is 15.9 Å². The van der Waals surface area contributed by atoms with Gasteiger partial charge in [0.2, 0.25) is 0 Å². The Kier molecular flexibility index (Phi) is 4.14. The lowest BCUT2D eigenvalue weighted by Crippen LogP contribution is -2.46. The van der Waals surface area contributed by atoms with Gasteiger partial charge in [-0.25, -0.2) is 9.38 Å². The SMILES string of the molecule is C[C@@]1(c2cc([N+](=O)[O-])cc(F)c2Cl)C[C@@H](C(F)(F)F)OC(N)=N1. The number of non-ortho nitro benzene ring substituents is 1. The van der Waals surface area contributed by atoms with Crippen molar-refractivity contribution in [3.8, 4) is 0 Å². The van der Waals surface area contributed by atoms with Crippen molar-refractivity contribution >= 4 is 23.3 Å². The number of nitrogens with two attached hydrogens (primary N) is 1. The lowest BCUT2D eigenvalue weighted by molar-refractivity contribution is -0.385. The smallest absolute Gasteiger partial charge is 0.425 e. The van der Waals surface area contributed by atoms with Crippen LogP contribution >= 0.6 is 11.6 Å². The molecule has 23 heavy (non-hydrogen) atoms. The zero-order valence-electron chi connectivity index (χ0n) is 11.5. The summed E-state index contributed by atoms with van der Waals surface area (Å²) >= 11 is 5.77. The van der Waals surface area contributed by atoms with Crippen LogP contribution in [-0.4, -0.2) is 23.2 Å². The van der Waals surface area contributed by atoms with Gasteiger partial charge in [0.15, 0.2) is 6.10 Å². The molecule has 0 spiro atoms. The van der Waals surface area contributed by atoms with E-state index in [1.54, 1.807) is 0 Å². The highest BCUT2D eigenvalue weighted by molar-refractivity contribution is 6.31. The molecule has 11 heteroatoms. The van der Waals surface area contributed by atoms with Crippen molar-refractivity contribution in [2.45, 2.75) is 31.2 Å². The first-order valence-corrected chi connectivity index (χ1v) is 6.54. The van der Waals surface area contributed by atoms with E-state index in [9.17, 15) is 27.7 Å². The second-order valence-electron chi connectivity index (χ2n) is 5.12. The third-order valence-electron chi connectivity index (χ3n) is 3.37. The third kappa shape index (κ3) is 3.31. The number of aliphatic imine (C=N–C) groups is 1. The molecule has 1 aliphatic rings. The Labute approximate surface area is 132 Å². The molecular weight excluding hydrogens is 346 g/mol. The van der Waals surface area contributed by atoms with Crippen molar-refractivity contribution in [3.05, 3.63) is 38.7 Å². The summed E-state index contributed by atoms with van der Waals surface area (Å²) in [7, 11) is 0. The van der Waals surface area contributed by atoms with Crippen molar-refractivity contribution in [2.24, 2.45) is 10.7 Å². The Morgan fingerprint density at radius 3 is 2.65 bits per heavy atom. The monoisotopic (exact) mass is 355 g/mol. The van der Waals surface area contributed by atoms with Crippen molar-refractivity contribution in [3.63, 3.8) is 0 Å². The quantitative estimate of drug-likeness (QED) is 0.501. The summed E-state index contributed by atoms with van der Waals surface area (Å²) in [6.45, 7) is 1.21. The summed E-state index contributed by atoms with van der Waals surface area (Å²) in [5, 5.41) is 10.3. The van der Waals surface area contributed by atoms with E-state index < -0.39 is 51.7 Å². The number of nitro groups is 1. The van der Waals surface area contributed by atoms with Crippen LogP contribution in [0.4, 0.5) is 23.2 Å². The molecular formula is C12H10ClF4N3O3. The highest BCUT2D eigenvalue weighted by Gasteiger charge is 2.50. The average Bonchev–Trinajstić information content (AvgIpc) is 2.39. The zero-order chi connectivity index (χ0) is 17.6. The zero-order valence-corrected chi connectivity index (χ0v) is 12.3. The Bertz CT molecular complexity index is 695.